The predicted octanol–water partition coefficient (Wildman–Crippen LogP) is 5.22. The summed E-state index contributed by atoms with van der Waals surface area (Å²) < 4.78 is 19.4. The molecule has 100 valence electrons. The van der Waals surface area contributed by atoms with E-state index in [9.17, 15) is 9.18 Å². The average Bonchev–Trinajstić information content (AvgIpc) is 2.81. The summed E-state index contributed by atoms with van der Waals surface area (Å²) in [6, 6.07) is 10.7. The van der Waals surface area contributed by atoms with Crippen LogP contribution in [0.2, 0.25) is 5.02 Å². The lowest BCUT2D eigenvalue weighted by Gasteiger charge is -2.00. The second kappa shape index (κ2) is 5.04. The number of ketones is 1. The van der Waals surface area contributed by atoms with Gasteiger partial charge in [-0.25, -0.2) is 4.39 Å². The molecule has 0 spiro atoms. The van der Waals surface area contributed by atoms with Gasteiger partial charge in [0.05, 0.1) is 5.02 Å². The molecule has 0 saturated carbocycles. The Morgan fingerprint density at radius 1 is 1.15 bits per heavy atom. The first kappa shape index (κ1) is 13.3. The van der Waals surface area contributed by atoms with E-state index in [-0.39, 0.29) is 22.1 Å². The van der Waals surface area contributed by atoms with Crippen LogP contribution in [0, 0.1) is 5.82 Å². The van der Waals surface area contributed by atoms with Gasteiger partial charge in [-0.3, -0.25) is 4.79 Å². The summed E-state index contributed by atoms with van der Waals surface area (Å²) in [6.07, 6.45) is 0. The molecule has 0 unspecified atom stereocenters. The molecule has 1 heterocycles. The van der Waals surface area contributed by atoms with Crippen molar-refractivity contribution in [3.63, 3.8) is 0 Å². The number of hydrogen-bond acceptors (Lipinski definition) is 2. The summed E-state index contributed by atoms with van der Waals surface area (Å²) in [6.45, 7) is 0. The molecule has 20 heavy (non-hydrogen) atoms. The minimum atomic E-state index is -0.486. The van der Waals surface area contributed by atoms with Gasteiger partial charge in [-0.05, 0) is 42.5 Å². The van der Waals surface area contributed by atoms with Crippen molar-refractivity contribution in [2.24, 2.45) is 0 Å². The first-order valence-corrected chi connectivity index (χ1v) is 6.90. The second-order valence-electron chi connectivity index (χ2n) is 4.25. The molecule has 0 bridgehead atoms. The number of fused-ring (bicyclic) bond motifs is 1. The van der Waals surface area contributed by atoms with Crippen molar-refractivity contribution in [1.82, 2.24) is 0 Å². The first-order chi connectivity index (χ1) is 9.54. The lowest BCUT2D eigenvalue weighted by Crippen LogP contribution is -2.00. The van der Waals surface area contributed by atoms with Gasteiger partial charge in [0.25, 0.3) is 0 Å². The fraction of sp³-hybridized carbons (Fsp3) is 0. The van der Waals surface area contributed by atoms with Crippen LogP contribution in [0.25, 0.3) is 11.0 Å². The molecule has 3 aromatic rings. The highest BCUT2D eigenvalue weighted by Crippen LogP contribution is 2.27. The molecule has 5 heteroatoms. The number of halogens is 3. The molecule has 0 amide bonds. The number of furan rings is 1. The van der Waals surface area contributed by atoms with Crippen molar-refractivity contribution >= 4 is 44.3 Å². The normalized spacial score (nSPS) is 10.9. The molecular weight excluding hydrogens is 347 g/mol. The van der Waals surface area contributed by atoms with Crippen LogP contribution in [-0.2, 0) is 0 Å². The summed E-state index contributed by atoms with van der Waals surface area (Å²) >= 11 is 9.24. The van der Waals surface area contributed by atoms with Gasteiger partial charge in [0.2, 0.25) is 5.78 Å². The Morgan fingerprint density at radius 3 is 2.70 bits per heavy atom. The van der Waals surface area contributed by atoms with Crippen LogP contribution in [-0.4, -0.2) is 5.78 Å². The van der Waals surface area contributed by atoms with E-state index < -0.39 is 5.82 Å². The zero-order chi connectivity index (χ0) is 14.3. The Kier molecular flexibility index (Phi) is 3.36. The van der Waals surface area contributed by atoms with Gasteiger partial charge in [-0.1, -0.05) is 27.5 Å². The van der Waals surface area contributed by atoms with Gasteiger partial charge >= 0.3 is 0 Å². The van der Waals surface area contributed by atoms with E-state index in [0.29, 0.717) is 5.58 Å². The zero-order valence-corrected chi connectivity index (χ0v) is 12.3. The predicted molar refractivity (Wildman–Crippen MR) is 78.8 cm³/mol. The highest BCUT2D eigenvalue weighted by Gasteiger charge is 2.17. The molecule has 2 nitrogen and oxygen atoms in total. The van der Waals surface area contributed by atoms with E-state index in [0.717, 1.165) is 15.9 Å². The van der Waals surface area contributed by atoms with Crippen molar-refractivity contribution < 1.29 is 13.6 Å². The Balaban J connectivity index is 2.08. The molecule has 0 aliphatic rings. The van der Waals surface area contributed by atoms with Crippen molar-refractivity contribution in [2.45, 2.75) is 0 Å². The van der Waals surface area contributed by atoms with Gasteiger partial charge in [0.15, 0.2) is 5.76 Å². The molecule has 0 fully saturated rings. The van der Waals surface area contributed by atoms with Crippen molar-refractivity contribution in [3.05, 3.63) is 69.1 Å². The quantitative estimate of drug-likeness (QED) is 0.591. The molecule has 0 saturated heterocycles. The fourth-order valence-electron chi connectivity index (χ4n) is 1.93. The van der Waals surface area contributed by atoms with Gasteiger partial charge in [0.1, 0.15) is 11.4 Å². The van der Waals surface area contributed by atoms with Crippen LogP contribution in [0.15, 0.2) is 51.4 Å². The molecule has 2 aromatic carbocycles. The molecule has 0 N–H and O–H groups in total. The van der Waals surface area contributed by atoms with Crippen LogP contribution in [0.4, 0.5) is 4.39 Å². The summed E-state index contributed by atoms with van der Waals surface area (Å²) in [4.78, 5) is 12.3. The molecule has 3 rings (SSSR count). The van der Waals surface area contributed by atoms with E-state index in [4.69, 9.17) is 16.0 Å². The lowest BCUT2D eigenvalue weighted by atomic mass is 10.1. The Morgan fingerprint density at radius 2 is 1.95 bits per heavy atom. The number of hydrogen-bond donors (Lipinski definition) is 0. The minimum absolute atomic E-state index is 0.0663. The number of carbonyl (C=O) groups is 1. The number of carbonyl (C=O) groups excluding carboxylic acids is 1. The third-order valence-electron chi connectivity index (χ3n) is 2.88. The average molecular weight is 354 g/mol. The monoisotopic (exact) mass is 352 g/mol. The number of rotatable bonds is 2. The molecule has 0 aliphatic carbocycles. The Bertz CT molecular complexity index is 826. The van der Waals surface area contributed by atoms with Crippen molar-refractivity contribution in [1.29, 1.82) is 0 Å². The van der Waals surface area contributed by atoms with Gasteiger partial charge < -0.3 is 4.42 Å². The van der Waals surface area contributed by atoms with E-state index in [1.165, 1.54) is 12.1 Å². The van der Waals surface area contributed by atoms with Gasteiger partial charge in [0, 0.05) is 15.4 Å². The molecule has 0 aliphatic heterocycles. The van der Waals surface area contributed by atoms with Crippen molar-refractivity contribution in [2.75, 3.05) is 0 Å². The standard InChI is InChI=1S/C15H7BrClFO2/c16-9-1-4-13-8(5-9)6-14(20-13)15(19)11-3-2-10(18)7-12(11)17/h1-7H. The molecule has 0 radical (unpaired) electrons. The third-order valence-corrected chi connectivity index (χ3v) is 3.68. The third kappa shape index (κ3) is 2.37. The highest BCUT2D eigenvalue weighted by atomic mass is 79.9. The minimum Gasteiger partial charge on any atom is -0.453 e. The van der Waals surface area contributed by atoms with Crippen LogP contribution in [0.3, 0.4) is 0 Å². The maximum atomic E-state index is 13.0. The Labute approximate surface area is 127 Å². The molecular formula is C15H7BrClFO2. The van der Waals surface area contributed by atoms with Crippen LogP contribution < -0.4 is 0 Å². The lowest BCUT2D eigenvalue weighted by molar-refractivity contribution is 0.101. The largest absolute Gasteiger partial charge is 0.453 e. The maximum Gasteiger partial charge on any atom is 0.229 e. The smallest absolute Gasteiger partial charge is 0.229 e. The van der Waals surface area contributed by atoms with E-state index in [1.807, 2.05) is 12.1 Å². The summed E-state index contributed by atoms with van der Waals surface area (Å²) in [5.74, 6) is -0.686. The van der Waals surface area contributed by atoms with Crippen molar-refractivity contribution in [3.8, 4) is 0 Å². The highest BCUT2D eigenvalue weighted by molar-refractivity contribution is 9.10. The van der Waals surface area contributed by atoms with Crippen LogP contribution in [0.1, 0.15) is 16.1 Å². The van der Waals surface area contributed by atoms with Crippen LogP contribution >= 0.6 is 27.5 Å². The SMILES string of the molecule is O=C(c1cc2cc(Br)ccc2o1)c1ccc(F)cc1Cl. The zero-order valence-electron chi connectivity index (χ0n) is 9.99. The summed E-state index contributed by atoms with van der Waals surface area (Å²) in [5.41, 5.74) is 0.820. The summed E-state index contributed by atoms with van der Waals surface area (Å²) in [7, 11) is 0. The number of benzene rings is 2. The molecule has 0 atom stereocenters. The van der Waals surface area contributed by atoms with E-state index in [2.05, 4.69) is 15.9 Å². The van der Waals surface area contributed by atoms with E-state index >= 15 is 0 Å². The Hall–Kier alpha value is -1.65. The topological polar surface area (TPSA) is 30.2 Å². The van der Waals surface area contributed by atoms with Gasteiger partial charge in [-0.15, -0.1) is 0 Å². The molecule has 1 aromatic heterocycles. The van der Waals surface area contributed by atoms with Gasteiger partial charge in [-0.2, -0.15) is 0 Å². The van der Waals surface area contributed by atoms with E-state index in [1.54, 1.807) is 12.1 Å². The summed E-state index contributed by atoms with van der Waals surface area (Å²) in [5, 5.41) is 0.873. The fourth-order valence-corrected chi connectivity index (χ4v) is 2.56. The second-order valence-corrected chi connectivity index (χ2v) is 5.57. The first-order valence-electron chi connectivity index (χ1n) is 5.73. The van der Waals surface area contributed by atoms with Crippen LogP contribution in [0.5, 0.6) is 0 Å². The maximum absolute atomic E-state index is 13.0.